The van der Waals surface area contributed by atoms with Crippen molar-refractivity contribution in [2.24, 2.45) is 0 Å². The molecule has 37 heavy (non-hydrogen) atoms. The number of hydrogen-bond donors (Lipinski definition) is 1. The lowest BCUT2D eigenvalue weighted by Gasteiger charge is -2.16. The van der Waals surface area contributed by atoms with Crippen LogP contribution in [0.2, 0.25) is 0 Å². The zero-order chi connectivity index (χ0) is 25.8. The number of aryl methyl sites for hydroxylation is 1. The fourth-order valence-electron chi connectivity index (χ4n) is 4.43. The summed E-state index contributed by atoms with van der Waals surface area (Å²) >= 11 is 3.51. The molecule has 1 atom stereocenters. The molecule has 0 saturated heterocycles. The van der Waals surface area contributed by atoms with Crippen LogP contribution in [0.25, 0.3) is 28.1 Å². The van der Waals surface area contributed by atoms with Gasteiger partial charge in [-0.15, -0.1) is 0 Å². The maximum absolute atomic E-state index is 11.7. The Labute approximate surface area is 224 Å². The first-order valence-electron chi connectivity index (χ1n) is 12.1. The Bertz CT molecular complexity index is 1490. The Morgan fingerprint density at radius 2 is 1.38 bits per heavy atom. The molecule has 1 N–H and O–H groups in total. The quantitative estimate of drug-likeness (QED) is 0.213. The van der Waals surface area contributed by atoms with Crippen molar-refractivity contribution in [3.8, 4) is 33.8 Å². The van der Waals surface area contributed by atoms with E-state index in [1.54, 1.807) is 0 Å². The van der Waals surface area contributed by atoms with E-state index in [0.717, 1.165) is 38.1 Å². The van der Waals surface area contributed by atoms with Gasteiger partial charge in [0.05, 0.1) is 5.69 Å². The zero-order valence-corrected chi connectivity index (χ0v) is 21.9. The molecule has 5 aromatic rings. The van der Waals surface area contributed by atoms with Gasteiger partial charge in [-0.05, 0) is 77.7 Å². The van der Waals surface area contributed by atoms with Crippen LogP contribution in [-0.2, 0) is 11.2 Å². The van der Waals surface area contributed by atoms with Gasteiger partial charge >= 0.3 is 5.97 Å². The SMILES string of the molecule is Cc1ccc(-c2ccc(-c3ccc(O[C@H](Cc4ccccc4)C(=O)O)cc3)cc2)n1-c1ccc(Br)cc1. The monoisotopic (exact) mass is 551 g/mol. The second-order valence-electron chi connectivity index (χ2n) is 8.91. The molecule has 0 fully saturated rings. The van der Waals surface area contributed by atoms with E-state index in [1.807, 2.05) is 54.6 Å². The van der Waals surface area contributed by atoms with Gasteiger partial charge in [-0.1, -0.05) is 82.7 Å². The predicted octanol–water partition coefficient (Wildman–Crippen LogP) is 7.96. The van der Waals surface area contributed by atoms with Crippen molar-refractivity contribution >= 4 is 21.9 Å². The van der Waals surface area contributed by atoms with Gasteiger partial charge in [0.2, 0.25) is 0 Å². The summed E-state index contributed by atoms with van der Waals surface area (Å²) in [4.78, 5) is 11.7. The molecule has 0 aliphatic carbocycles. The number of ether oxygens (including phenoxy) is 1. The second kappa shape index (κ2) is 10.9. The number of carboxylic acids is 1. The van der Waals surface area contributed by atoms with Crippen LogP contribution in [0.1, 0.15) is 11.3 Å². The second-order valence-corrected chi connectivity index (χ2v) is 9.82. The van der Waals surface area contributed by atoms with Gasteiger partial charge in [0.15, 0.2) is 6.10 Å². The van der Waals surface area contributed by atoms with E-state index in [4.69, 9.17) is 4.74 Å². The van der Waals surface area contributed by atoms with Crippen molar-refractivity contribution < 1.29 is 14.6 Å². The third-order valence-electron chi connectivity index (χ3n) is 6.35. The molecule has 1 heterocycles. The van der Waals surface area contributed by atoms with Gasteiger partial charge in [0, 0.05) is 22.3 Å². The molecule has 0 unspecified atom stereocenters. The highest BCUT2D eigenvalue weighted by Gasteiger charge is 2.20. The average molecular weight is 552 g/mol. The van der Waals surface area contributed by atoms with Crippen LogP contribution in [0.15, 0.2) is 120 Å². The first kappa shape index (κ1) is 24.6. The standard InChI is InChI=1S/C32H26BrNO3/c1-22-7-20-30(34(22)28-16-14-27(33)15-17-28)26-10-8-24(9-11-26)25-12-18-29(19-13-25)37-31(32(35)36)21-23-5-3-2-4-6-23/h2-20,31H,21H2,1H3,(H,35,36)/t31-/m1/s1. The first-order chi connectivity index (χ1) is 18.0. The lowest BCUT2D eigenvalue weighted by atomic mass is 10.0. The largest absolute Gasteiger partial charge is 0.478 e. The smallest absolute Gasteiger partial charge is 0.345 e. The van der Waals surface area contributed by atoms with Crippen LogP contribution in [0, 0.1) is 6.92 Å². The van der Waals surface area contributed by atoms with E-state index in [2.05, 4.69) is 88.1 Å². The molecular weight excluding hydrogens is 526 g/mol. The summed E-state index contributed by atoms with van der Waals surface area (Å²) in [5.41, 5.74) is 7.59. The number of nitrogens with zero attached hydrogens (tertiary/aromatic N) is 1. The predicted molar refractivity (Wildman–Crippen MR) is 151 cm³/mol. The molecule has 0 radical (unpaired) electrons. The Morgan fingerprint density at radius 3 is 2.00 bits per heavy atom. The van der Waals surface area contributed by atoms with E-state index in [1.165, 1.54) is 5.69 Å². The van der Waals surface area contributed by atoms with Gasteiger partial charge in [0.1, 0.15) is 5.75 Å². The minimum absolute atomic E-state index is 0.306. The van der Waals surface area contributed by atoms with Crippen molar-refractivity contribution in [3.63, 3.8) is 0 Å². The molecule has 184 valence electrons. The summed E-state index contributed by atoms with van der Waals surface area (Å²) in [5, 5.41) is 9.63. The maximum Gasteiger partial charge on any atom is 0.345 e. The summed E-state index contributed by atoms with van der Waals surface area (Å²) in [7, 11) is 0. The summed E-state index contributed by atoms with van der Waals surface area (Å²) in [6.45, 7) is 2.11. The molecule has 0 bridgehead atoms. The summed E-state index contributed by atoms with van der Waals surface area (Å²) < 4.78 is 9.11. The molecular formula is C32H26BrNO3. The molecule has 1 aromatic heterocycles. The van der Waals surface area contributed by atoms with Crippen LogP contribution in [0.4, 0.5) is 0 Å². The molecule has 5 heteroatoms. The number of aromatic nitrogens is 1. The molecule has 0 saturated carbocycles. The third kappa shape index (κ3) is 5.68. The highest BCUT2D eigenvalue weighted by Crippen LogP contribution is 2.30. The average Bonchev–Trinajstić information content (AvgIpc) is 3.31. The fraction of sp³-hybridized carbons (Fsp3) is 0.0938. The van der Waals surface area contributed by atoms with E-state index >= 15 is 0 Å². The van der Waals surface area contributed by atoms with E-state index in [0.29, 0.717) is 12.2 Å². The fourth-order valence-corrected chi connectivity index (χ4v) is 4.69. The number of aliphatic carboxylic acids is 1. The highest BCUT2D eigenvalue weighted by atomic mass is 79.9. The molecule has 4 nitrogen and oxygen atoms in total. The number of halogens is 1. The van der Waals surface area contributed by atoms with Gasteiger partial charge in [-0.25, -0.2) is 4.79 Å². The zero-order valence-electron chi connectivity index (χ0n) is 20.3. The normalized spacial score (nSPS) is 11.7. The van der Waals surface area contributed by atoms with Crippen LogP contribution < -0.4 is 4.74 Å². The first-order valence-corrected chi connectivity index (χ1v) is 12.9. The Balaban J connectivity index is 1.32. The number of benzene rings is 4. The Hall–Kier alpha value is -4.09. The van der Waals surface area contributed by atoms with E-state index in [-0.39, 0.29) is 0 Å². The number of carboxylic acid groups (broad SMARTS) is 1. The number of hydrogen-bond acceptors (Lipinski definition) is 2. The van der Waals surface area contributed by atoms with Crippen molar-refractivity contribution in [2.45, 2.75) is 19.4 Å². The summed E-state index contributed by atoms with van der Waals surface area (Å²) in [5.74, 6) is -0.446. The van der Waals surface area contributed by atoms with Gasteiger partial charge in [0.25, 0.3) is 0 Å². The van der Waals surface area contributed by atoms with Crippen LogP contribution >= 0.6 is 15.9 Å². The van der Waals surface area contributed by atoms with Crippen LogP contribution in [0.3, 0.4) is 0 Å². The lowest BCUT2D eigenvalue weighted by molar-refractivity contribution is -0.145. The minimum atomic E-state index is -0.980. The summed E-state index contributed by atoms with van der Waals surface area (Å²) in [6, 6.07) is 38.1. The van der Waals surface area contributed by atoms with Gasteiger partial charge in [-0.2, -0.15) is 0 Å². The highest BCUT2D eigenvalue weighted by molar-refractivity contribution is 9.10. The van der Waals surface area contributed by atoms with Crippen molar-refractivity contribution in [2.75, 3.05) is 0 Å². The Morgan fingerprint density at radius 1 is 0.784 bits per heavy atom. The van der Waals surface area contributed by atoms with E-state index < -0.39 is 12.1 Å². The lowest BCUT2D eigenvalue weighted by Crippen LogP contribution is -2.29. The van der Waals surface area contributed by atoms with Gasteiger partial charge < -0.3 is 14.4 Å². The maximum atomic E-state index is 11.7. The van der Waals surface area contributed by atoms with Gasteiger partial charge in [-0.3, -0.25) is 0 Å². The number of carbonyl (C=O) groups is 1. The van der Waals surface area contributed by atoms with Crippen molar-refractivity contribution in [1.82, 2.24) is 4.57 Å². The van der Waals surface area contributed by atoms with Crippen LogP contribution in [0.5, 0.6) is 5.75 Å². The number of rotatable bonds is 8. The van der Waals surface area contributed by atoms with E-state index in [9.17, 15) is 9.90 Å². The Kier molecular flexibility index (Phi) is 7.24. The van der Waals surface area contributed by atoms with Crippen molar-refractivity contribution in [3.05, 3.63) is 131 Å². The summed E-state index contributed by atoms with van der Waals surface area (Å²) in [6.07, 6.45) is -0.640. The topological polar surface area (TPSA) is 51.5 Å². The molecule has 0 aliphatic rings. The molecule has 0 amide bonds. The molecule has 5 rings (SSSR count). The molecule has 0 spiro atoms. The molecule has 4 aromatic carbocycles. The molecule has 0 aliphatic heterocycles. The third-order valence-corrected chi connectivity index (χ3v) is 6.88. The van der Waals surface area contributed by atoms with Crippen molar-refractivity contribution in [1.29, 1.82) is 0 Å². The van der Waals surface area contributed by atoms with Crippen LogP contribution in [-0.4, -0.2) is 21.7 Å². The minimum Gasteiger partial charge on any atom is -0.478 e.